The van der Waals surface area contributed by atoms with Gasteiger partial charge in [0.05, 0.1) is 18.9 Å². The Labute approximate surface area is 304 Å². The molecule has 4 fully saturated rings. The van der Waals surface area contributed by atoms with Crippen LogP contribution in [0, 0.1) is 11.3 Å². The molecule has 15 heteroatoms. The lowest BCUT2D eigenvalue weighted by Gasteiger charge is -2.35. The minimum atomic E-state index is -3.93. The second-order valence-electron chi connectivity index (χ2n) is 15.5. The first-order valence-electron chi connectivity index (χ1n) is 18.0. The van der Waals surface area contributed by atoms with Crippen molar-refractivity contribution in [2.75, 3.05) is 13.7 Å². The van der Waals surface area contributed by atoms with Gasteiger partial charge >= 0.3 is 6.09 Å². The molecule has 1 aromatic heterocycles. The third-order valence-corrected chi connectivity index (χ3v) is 12.6. The van der Waals surface area contributed by atoms with E-state index in [1.165, 1.54) is 11.0 Å². The summed E-state index contributed by atoms with van der Waals surface area (Å²) in [5, 5.41) is 6.44. The number of nitrogens with zero attached hydrogens (tertiary/aromatic N) is 2. The summed E-state index contributed by atoms with van der Waals surface area (Å²) in [5.41, 5.74) is -2.34. The van der Waals surface area contributed by atoms with Crippen molar-refractivity contribution in [3.8, 4) is 11.6 Å². The smallest absolute Gasteiger partial charge is 0.408 e. The summed E-state index contributed by atoms with van der Waals surface area (Å²) in [6.07, 6.45) is 6.77. The summed E-state index contributed by atoms with van der Waals surface area (Å²) >= 11 is 0. The van der Waals surface area contributed by atoms with Gasteiger partial charge in [0.15, 0.2) is 0 Å². The number of alkyl carbamates (subject to hydrolysis) is 1. The third-order valence-electron chi connectivity index (χ3n) is 10.8. The van der Waals surface area contributed by atoms with Crippen LogP contribution >= 0.6 is 0 Å². The molecule has 5 atom stereocenters. The third kappa shape index (κ3) is 7.69. The average molecular weight is 740 g/mol. The van der Waals surface area contributed by atoms with E-state index in [0.717, 1.165) is 37.5 Å². The maximum absolute atomic E-state index is 14.5. The molecule has 1 saturated heterocycles. The molecular formula is C37H49N5O9S. The van der Waals surface area contributed by atoms with Crippen LogP contribution in [0.5, 0.6) is 11.6 Å². The molecule has 6 rings (SSSR count). The Morgan fingerprint density at radius 2 is 1.79 bits per heavy atom. The summed E-state index contributed by atoms with van der Waals surface area (Å²) in [5.74, 6) is -1.58. The Hall–Kier alpha value is -4.40. The number of carbonyl (C=O) groups is 4. The molecule has 0 radical (unpaired) electrons. The second kappa shape index (κ2) is 14.6. The highest BCUT2D eigenvalue weighted by atomic mass is 32.2. The lowest BCUT2D eigenvalue weighted by molar-refractivity contribution is -0.143. The van der Waals surface area contributed by atoms with Gasteiger partial charge in [0, 0.05) is 23.9 Å². The van der Waals surface area contributed by atoms with Crippen molar-refractivity contribution in [2.24, 2.45) is 11.3 Å². The van der Waals surface area contributed by atoms with Gasteiger partial charge in [-0.2, -0.15) is 0 Å². The SMILES string of the molecule is C=C[C@@H]1C[C@]1(NC(=O)[C@@H]1CC(Oc2nccc3cc(OC)ccc23)CN1C(=O)[C@@H](NC(=O)OC1CCCC1)C(C)(C)C)C(=O)NS(=O)(=O)C1CCC1. The fourth-order valence-corrected chi connectivity index (χ4v) is 8.89. The summed E-state index contributed by atoms with van der Waals surface area (Å²) in [6.45, 7) is 9.17. The molecule has 1 unspecified atom stereocenters. The van der Waals surface area contributed by atoms with Crippen LogP contribution in [0.1, 0.15) is 78.6 Å². The van der Waals surface area contributed by atoms with Crippen LogP contribution in [0.3, 0.4) is 0 Å². The van der Waals surface area contributed by atoms with Crippen LogP contribution in [0.2, 0.25) is 0 Å². The number of amides is 4. The Morgan fingerprint density at radius 1 is 1.06 bits per heavy atom. The molecule has 1 aromatic carbocycles. The number of methoxy groups -OCH3 is 1. The molecule has 3 saturated carbocycles. The monoisotopic (exact) mass is 739 g/mol. The van der Waals surface area contributed by atoms with Crippen molar-refractivity contribution >= 4 is 44.6 Å². The summed E-state index contributed by atoms with van der Waals surface area (Å²) in [7, 11) is -2.35. The first kappa shape index (κ1) is 37.4. The number of hydrogen-bond acceptors (Lipinski definition) is 10. The zero-order valence-electron chi connectivity index (χ0n) is 30.2. The van der Waals surface area contributed by atoms with Crippen LogP contribution in [-0.4, -0.2) is 90.9 Å². The molecule has 2 aromatic rings. The maximum atomic E-state index is 14.5. The highest BCUT2D eigenvalue weighted by Gasteiger charge is 2.62. The van der Waals surface area contributed by atoms with E-state index in [4.69, 9.17) is 14.2 Å². The molecular weight excluding hydrogens is 691 g/mol. The van der Waals surface area contributed by atoms with Crippen LogP contribution in [-0.2, 0) is 29.1 Å². The summed E-state index contributed by atoms with van der Waals surface area (Å²) in [4.78, 5) is 61.2. The zero-order chi connectivity index (χ0) is 37.4. The van der Waals surface area contributed by atoms with Crippen molar-refractivity contribution in [1.82, 2.24) is 25.2 Å². The number of rotatable bonds is 12. The fourth-order valence-electron chi connectivity index (χ4n) is 7.33. The van der Waals surface area contributed by atoms with E-state index >= 15 is 0 Å². The number of aromatic nitrogens is 1. The Bertz CT molecular complexity index is 1840. The first-order chi connectivity index (χ1) is 24.6. The number of sulfonamides is 1. The Morgan fingerprint density at radius 3 is 2.40 bits per heavy atom. The summed E-state index contributed by atoms with van der Waals surface area (Å²) < 4.78 is 45.4. The van der Waals surface area contributed by atoms with E-state index < -0.39 is 74.1 Å². The predicted octanol–water partition coefficient (Wildman–Crippen LogP) is 3.73. The fraction of sp³-hybridized carbons (Fsp3) is 0.595. The van der Waals surface area contributed by atoms with Gasteiger partial charge in [-0.1, -0.05) is 33.3 Å². The molecule has 282 valence electrons. The number of fused-ring (bicyclic) bond motifs is 1. The normalized spacial score (nSPS) is 25.5. The topological polar surface area (TPSA) is 182 Å². The zero-order valence-corrected chi connectivity index (χ0v) is 31.0. The van der Waals surface area contributed by atoms with Gasteiger partial charge in [-0.25, -0.2) is 18.2 Å². The number of likely N-dealkylation sites (tertiary alicyclic amines) is 1. The molecule has 3 N–H and O–H groups in total. The first-order valence-corrected chi connectivity index (χ1v) is 19.6. The molecule has 52 heavy (non-hydrogen) atoms. The quantitative estimate of drug-likeness (QED) is 0.271. The van der Waals surface area contributed by atoms with E-state index in [9.17, 15) is 27.6 Å². The van der Waals surface area contributed by atoms with Gasteiger partial charge in [-0.05, 0) is 80.0 Å². The van der Waals surface area contributed by atoms with Gasteiger partial charge in [0.25, 0.3) is 5.91 Å². The molecule has 14 nitrogen and oxygen atoms in total. The van der Waals surface area contributed by atoms with Crippen molar-refractivity contribution in [2.45, 2.75) is 114 Å². The van der Waals surface area contributed by atoms with E-state index in [-0.39, 0.29) is 25.5 Å². The minimum Gasteiger partial charge on any atom is -0.497 e. The number of carbonyl (C=O) groups excluding carboxylic acids is 4. The number of benzene rings is 1. The van der Waals surface area contributed by atoms with Crippen LogP contribution in [0.25, 0.3) is 10.8 Å². The second-order valence-corrected chi connectivity index (χ2v) is 17.4. The van der Waals surface area contributed by atoms with Crippen molar-refractivity contribution in [3.05, 3.63) is 43.1 Å². The largest absolute Gasteiger partial charge is 0.497 e. The molecule has 2 heterocycles. The molecule has 3 aliphatic carbocycles. The lowest BCUT2D eigenvalue weighted by atomic mass is 9.85. The van der Waals surface area contributed by atoms with Gasteiger partial charge in [0.2, 0.25) is 27.7 Å². The van der Waals surface area contributed by atoms with E-state index in [1.807, 2.05) is 18.2 Å². The van der Waals surface area contributed by atoms with E-state index in [1.54, 1.807) is 40.1 Å². The predicted molar refractivity (Wildman–Crippen MR) is 192 cm³/mol. The van der Waals surface area contributed by atoms with Crippen LogP contribution in [0.4, 0.5) is 4.79 Å². The van der Waals surface area contributed by atoms with Gasteiger partial charge in [0.1, 0.15) is 35.6 Å². The number of hydrogen-bond donors (Lipinski definition) is 3. The molecule has 0 bridgehead atoms. The summed E-state index contributed by atoms with van der Waals surface area (Å²) in [6, 6.07) is 5.04. The minimum absolute atomic E-state index is 0.0305. The van der Waals surface area contributed by atoms with Crippen molar-refractivity contribution < 1.29 is 41.8 Å². The standard InChI is InChI=1S/C37H49N5O9S/c1-6-23-20-37(23,34(45)41-52(47,48)27-12-9-13-27)40-31(43)29-19-26(50-32-28-15-14-25(49-5)18-22(28)16-17-38-32)21-42(29)33(44)30(36(2,3)4)39-35(46)51-24-10-7-8-11-24/h6,14-18,23-24,26-27,29-30H,1,7-13,19-21H2,2-5H3,(H,39,46)(H,40,43)(H,41,45)/t23-,26?,29+,30-,37-/m1/s1. The van der Waals surface area contributed by atoms with Gasteiger partial charge in [-0.15, -0.1) is 6.58 Å². The molecule has 4 aliphatic rings. The number of pyridine rings is 1. The van der Waals surface area contributed by atoms with Gasteiger partial charge in [-0.3, -0.25) is 19.1 Å². The number of ether oxygens (including phenoxy) is 3. The molecule has 0 spiro atoms. The van der Waals surface area contributed by atoms with Crippen molar-refractivity contribution in [3.63, 3.8) is 0 Å². The maximum Gasteiger partial charge on any atom is 0.408 e. The van der Waals surface area contributed by atoms with Gasteiger partial charge < -0.3 is 29.7 Å². The highest BCUT2D eigenvalue weighted by molar-refractivity contribution is 7.90. The van der Waals surface area contributed by atoms with Crippen LogP contribution in [0.15, 0.2) is 43.1 Å². The number of nitrogens with one attached hydrogen (secondary N) is 3. The lowest BCUT2D eigenvalue weighted by Crippen LogP contribution is -2.60. The highest BCUT2D eigenvalue weighted by Crippen LogP contribution is 2.45. The average Bonchev–Trinajstić information content (AvgIpc) is 3.32. The van der Waals surface area contributed by atoms with Crippen LogP contribution < -0.4 is 24.8 Å². The van der Waals surface area contributed by atoms with Crippen molar-refractivity contribution in [1.29, 1.82) is 0 Å². The molecule has 1 aliphatic heterocycles. The Balaban J connectivity index is 1.27. The Kier molecular flexibility index (Phi) is 10.5. The van der Waals surface area contributed by atoms with E-state index in [0.29, 0.717) is 29.9 Å². The van der Waals surface area contributed by atoms with E-state index in [2.05, 4.69) is 26.9 Å². The molecule has 4 amide bonds.